The number of esters is 1. The van der Waals surface area contributed by atoms with Crippen molar-refractivity contribution in [3.8, 4) is 0 Å². The summed E-state index contributed by atoms with van der Waals surface area (Å²) in [6.07, 6.45) is 3.28. The van der Waals surface area contributed by atoms with Crippen molar-refractivity contribution in [1.82, 2.24) is 0 Å². The smallest absolute Gasteiger partial charge is 0.337 e. The number of ether oxygens (including phenoxy) is 1. The minimum absolute atomic E-state index is 0.193. The minimum Gasteiger partial charge on any atom is -0.465 e. The van der Waals surface area contributed by atoms with E-state index in [1.807, 2.05) is 12.1 Å². The highest BCUT2D eigenvalue weighted by atomic mass is 16.5. The van der Waals surface area contributed by atoms with E-state index >= 15 is 0 Å². The monoisotopic (exact) mass is 335 g/mol. The highest BCUT2D eigenvalue weighted by molar-refractivity contribution is 5.90. The van der Waals surface area contributed by atoms with Gasteiger partial charge in [-0.05, 0) is 65.3 Å². The second-order valence-corrected chi connectivity index (χ2v) is 7.26. The van der Waals surface area contributed by atoms with Crippen molar-refractivity contribution in [2.75, 3.05) is 19.0 Å². The van der Waals surface area contributed by atoms with E-state index in [1.165, 1.54) is 29.5 Å². The standard InChI is InChI=1S/C22H25NO2/c1-15(13-16-5-7-17(8-6-16)21(24)25-4)18-9-10-20-19(14-18)22(2,3)11-12-23-20/h5-10,13-14,23H,11-12H2,1-4H3/b15-13+. The molecule has 3 rings (SSSR count). The van der Waals surface area contributed by atoms with Crippen LogP contribution >= 0.6 is 0 Å². The van der Waals surface area contributed by atoms with Gasteiger partial charge in [0.15, 0.2) is 0 Å². The molecule has 0 aromatic heterocycles. The Labute approximate surface area is 149 Å². The average Bonchev–Trinajstić information content (AvgIpc) is 2.61. The van der Waals surface area contributed by atoms with Gasteiger partial charge >= 0.3 is 5.97 Å². The maximum atomic E-state index is 11.5. The summed E-state index contributed by atoms with van der Waals surface area (Å²) in [5.41, 5.74) is 6.89. The van der Waals surface area contributed by atoms with Gasteiger partial charge in [-0.3, -0.25) is 0 Å². The third-order valence-electron chi connectivity index (χ3n) is 4.98. The van der Waals surface area contributed by atoms with E-state index in [-0.39, 0.29) is 11.4 Å². The van der Waals surface area contributed by atoms with Crippen molar-refractivity contribution in [3.05, 3.63) is 64.7 Å². The summed E-state index contributed by atoms with van der Waals surface area (Å²) in [5, 5.41) is 3.49. The first kappa shape index (κ1) is 17.3. The largest absolute Gasteiger partial charge is 0.465 e. The van der Waals surface area contributed by atoms with Crippen LogP contribution in [0, 0.1) is 0 Å². The van der Waals surface area contributed by atoms with Crippen molar-refractivity contribution in [2.45, 2.75) is 32.6 Å². The quantitative estimate of drug-likeness (QED) is 0.624. The minimum atomic E-state index is -0.309. The lowest BCUT2D eigenvalue weighted by molar-refractivity contribution is 0.0600. The first-order valence-electron chi connectivity index (χ1n) is 8.66. The highest BCUT2D eigenvalue weighted by Crippen LogP contribution is 2.38. The summed E-state index contributed by atoms with van der Waals surface area (Å²) < 4.78 is 4.74. The first-order chi connectivity index (χ1) is 11.9. The molecular weight excluding hydrogens is 310 g/mol. The maximum absolute atomic E-state index is 11.5. The molecule has 0 bridgehead atoms. The first-order valence-corrected chi connectivity index (χ1v) is 8.66. The fourth-order valence-electron chi connectivity index (χ4n) is 3.31. The molecule has 130 valence electrons. The van der Waals surface area contributed by atoms with Gasteiger partial charge in [-0.2, -0.15) is 0 Å². The third kappa shape index (κ3) is 3.60. The molecule has 0 saturated carbocycles. The number of nitrogens with one attached hydrogen (secondary N) is 1. The molecule has 3 heteroatoms. The highest BCUT2D eigenvalue weighted by Gasteiger charge is 2.27. The van der Waals surface area contributed by atoms with Crippen LogP contribution in [-0.2, 0) is 10.2 Å². The molecule has 2 aromatic carbocycles. The Morgan fingerprint density at radius 2 is 1.80 bits per heavy atom. The predicted molar refractivity (Wildman–Crippen MR) is 104 cm³/mol. The second-order valence-electron chi connectivity index (χ2n) is 7.26. The Morgan fingerprint density at radius 1 is 1.12 bits per heavy atom. The molecule has 0 aliphatic carbocycles. The molecule has 0 fully saturated rings. The Hall–Kier alpha value is -2.55. The van der Waals surface area contributed by atoms with Crippen molar-refractivity contribution in [2.24, 2.45) is 0 Å². The van der Waals surface area contributed by atoms with E-state index in [1.54, 1.807) is 12.1 Å². The zero-order valence-corrected chi connectivity index (χ0v) is 15.3. The number of methoxy groups -OCH3 is 1. The zero-order chi connectivity index (χ0) is 18.0. The van der Waals surface area contributed by atoms with Crippen LogP contribution in [0.3, 0.4) is 0 Å². The number of hydrogen-bond donors (Lipinski definition) is 1. The number of rotatable bonds is 3. The molecule has 1 aliphatic rings. The molecule has 0 amide bonds. The van der Waals surface area contributed by atoms with Crippen molar-refractivity contribution < 1.29 is 9.53 Å². The van der Waals surface area contributed by atoms with Gasteiger partial charge < -0.3 is 10.1 Å². The van der Waals surface area contributed by atoms with Gasteiger partial charge in [0.2, 0.25) is 0 Å². The average molecular weight is 335 g/mol. The molecule has 1 heterocycles. The van der Waals surface area contributed by atoms with Crippen molar-refractivity contribution in [3.63, 3.8) is 0 Å². The van der Waals surface area contributed by atoms with Gasteiger partial charge in [0, 0.05) is 12.2 Å². The van der Waals surface area contributed by atoms with Gasteiger partial charge in [0.25, 0.3) is 0 Å². The summed E-state index contributed by atoms with van der Waals surface area (Å²) in [4.78, 5) is 11.5. The van der Waals surface area contributed by atoms with Crippen LogP contribution in [-0.4, -0.2) is 19.6 Å². The van der Waals surface area contributed by atoms with Crippen molar-refractivity contribution in [1.29, 1.82) is 0 Å². The number of hydrogen-bond acceptors (Lipinski definition) is 3. The van der Waals surface area contributed by atoms with Gasteiger partial charge in [-0.15, -0.1) is 0 Å². The Balaban J connectivity index is 1.89. The van der Waals surface area contributed by atoms with E-state index in [9.17, 15) is 4.79 Å². The molecule has 0 saturated heterocycles. The Morgan fingerprint density at radius 3 is 2.48 bits per heavy atom. The Kier molecular flexibility index (Phi) is 4.67. The lowest BCUT2D eigenvalue weighted by Gasteiger charge is -2.33. The second kappa shape index (κ2) is 6.75. The molecule has 0 spiro atoms. The maximum Gasteiger partial charge on any atom is 0.337 e. The number of carbonyl (C=O) groups excluding carboxylic acids is 1. The van der Waals surface area contributed by atoms with E-state index in [2.05, 4.69) is 50.4 Å². The van der Waals surface area contributed by atoms with Crippen molar-refractivity contribution >= 4 is 23.3 Å². The van der Waals surface area contributed by atoms with E-state index in [0.29, 0.717) is 5.56 Å². The van der Waals surface area contributed by atoms with Crippen LogP contribution in [0.15, 0.2) is 42.5 Å². The van der Waals surface area contributed by atoms with Gasteiger partial charge in [-0.1, -0.05) is 38.1 Å². The number of fused-ring (bicyclic) bond motifs is 1. The van der Waals surface area contributed by atoms with Gasteiger partial charge in [0.05, 0.1) is 12.7 Å². The molecular formula is C22H25NO2. The van der Waals surface area contributed by atoms with Crippen LogP contribution in [0.1, 0.15) is 54.2 Å². The molecule has 0 unspecified atom stereocenters. The van der Waals surface area contributed by atoms with Crippen LogP contribution in [0.25, 0.3) is 11.6 Å². The van der Waals surface area contributed by atoms with Crippen LogP contribution < -0.4 is 5.32 Å². The van der Waals surface area contributed by atoms with Gasteiger partial charge in [-0.25, -0.2) is 4.79 Å². The molecule has 1 aliphatic heterocycles. The van der Waals surface area contributed by atoms with Crippen LogP contribution in [0.2, 0.25) is 0 Å². The number of carbonyl (C=O) groups is 1. The molecule has 2 aromatic rings. The molecule has 25 heavy (non-hydrogen) atoms. The van der Waals surface area contributed by atoms with Gasteiger partial charge in [0.1, 0.15) is 0 Å². The summed E-state index contributed by atoms with van der Waals surface area (Å²) in [6, 6.07) is 14.1. The van der Waals surface area contributed by atoms with Crippen LogP contribution in [0.4, 0.5) is 5.69 Å². The summed E-state index contributed by atoms with van der Waals surface area (Å²) in [5.74, 6) is -0.309. The fourth-order valence-corrected chi connectivity index (χ4v) is 3.31. The number of anilines is 1. The molecule has 0 atom stereocenters. The third-order valence-corrected chi connectivity index (χ3v) is 4.98. The topological polar surface area (TPSA) is 38.3 Å². The fraction of sp³-hybridized carbons (Fsp3) is 0.318. The van der Waals surface area contributed by atoms with E-state index in [4.69, 9.17) is 4.74 Å². The Bertz CT molecular complexity index is 816. The molecule has 3 nitrogen and oxygen atoms in total. The van der Waals surface area contributed by atoms with E-state index in [0.717, 1.165) is 18.5 Å². The predicted octanol–water partition coefficient (Wildman–Crippen LogP) is 5.13. The SMILES string of the molecule is COC(=O)c1ccc(/C=C(\C)c2ccc3c(c2)C(C)(C)CCN3)cc1. The molecule has 1 N–H and O–H groups in total. The molecule has 0 radical (unpaired) electrons. The zero-order valence-electron chi connectivity index (χ0n) is 15.3. The number of allylic oxidation sites excluding steroid dienone is 1. The summed E-state index contributed by atoms with van der Waals surface area (Å²) in [6.45, 7) is 7.77. The van der Waals surface area contributed by atoms with Crippen LogP contribution in [0.5, 0.6) is 0 Å². The summed E-state index contributed by atoms with van der Waals surface area (Å²) >= 11 is 0. The lowest BCUT2D eigenvalue weighted by Crippen LogP contribution is -2.28. The number of benzene rings is 2. The normalized spacial score (nSPS) is 15.9. The lowest BCUT2D eigenvalue weighted by atomic mass is 9.77. The van der Waals surface area contributed by atoms with E-state index < -0.39 is 0 Å². The summed E-state index contributed by atoms with van der Waals surface area (Å²) in [7, 11) is 1.40.